The molecule has 0 aliphatic carbocycles. The van der Waals surface area contributed by atoms with Gasteiger partial charge in [-0.1, -0.05) is 13.8 Å². The van der Waals surface area contributed by atoms with E-state index < -0.39 is 23.1 Å². The van der Waals surface area contributed by atoms with Crippen LogP contribution < -0.4 is 0 Å². The van der Waals surface area contributed by atoms with Crippen molar-refractivity contribution in [2.75, 3.05) is 0 Å². The van der Waals surface area contributed by atoms with Crippen LogP contribution in [0.5, 0.6) is 0 Å². The molecule has 6 heteroatoms. The predicted molar refractivity (Wildman–Crippen MR) is 69.1 cm³/mol. The van der Waals surface area contributed by atoms with Crippen LogP contribution in [0.2, 0.25) is 0 Å². The van der Waals surface area contributed by atoms with E-state index >= 15 is 0 Å². The van der Waals surface area contributed by atoms with Crippen LogP contribution in [0.3, 0.4) is 0 Å². The van der Waals surface area contributed by atoms with E-state index in [-0.39, 0.29) is 6.42 Å². The van der Waals surface area contributed by atoms with Gasteiger partial charge in [-0.05, 0) is 20.8 Å². The maximum absolute atomic E-state index is 11.8. The van der Waals surface area contributed by atoms with Crippen molar-refractivity contribution in [2.45, 2.75) is 52.1 Å². The van der Waals surface area contributed by atoms with Crippen molar-refractivity contribution >= 4 is 12.1 Å². The van der Waals surface area contributed by atoms with Crippen molar-refractivity contribution in [3.8, 4) is 0 Å². The molecule has 6 nitrogen and oxygen atoms in total. The monoisotopic (exact) mass is 268 g/mol. The Hall–Kier alpha value is -1.85. The Morgan fingerprint density at radius 2 is 1.89 bits per heavy atom. The number of hydrogen-bond acceptors (Lipinski definition) is 4. The van der Waals surface area contributed by atoms with E-state index in [1.165, 1.54) is 17.1 Å². The molecule has 0 amide bonds. The number of aromatic nitrogens is 2. The van der Waals surface area contributed by atoms with Crippen LogP contribution in [0.1, 0.15) is 46.7 Å². The van der Waals surface area contributed by atoms with E-state index in [1.807, 2.05) is 0 Å². The summed E-state index contributed by atoms with van der Waals surface area (Å²) in [6.07, 6.45) is 2.26. The van der Waals surface area contributed by atoms with Crippen LogP contribution in [0.15, 0.2) is 12.5 Å². The van der Waals surface area contributed by atoms with Gasteiger partial charge in [0.25, 0.3) is 0 Å². The largest absolute Gasteiger partial charge is 0.481 e. The standard InChI is InChI=1S/C13H20N2O4/c1-12(2,3)19-11(18)15-7-9(14-8-15)13(4,5)6-10(16)17/h7-8H,6H2,1-5H3,(H,16,17). The highest BCUT2D eigenvalue weighted by atomic mass is 16.6. The molecule has 1 aromatic rings. The molecule has 0 aliphatic rings. The van der Waals surface area contributed by atoms with Gasteiger partial charge in [0.2, 0.25) is 0 Å². The van der Waals surface area contributed by atoms with Gasteiger partial charge in [-0.3, -0.25) is 4.79 Å². The number of carboxylic acid groups (broad SMARTS) is 1. The Bertz CT molecular complexity index is 483. The van der Waals surface area contributed by atoms with Crippen molar-refractivity contribution in [3.63, 3.8) is 0 Å². The molecule has 0 saturated heterocycles. The number of aliphatic carboxylic acids is 1. The molecule has 0 aromatic carbocycles. The minimum absolute atomic E-state index is 0.0572. The topological polar surface area (TPSA) is 81.4 Å². The highest BCUT2D eigenvalue weighted by molar-refractivity contribution is 5.71. The molecule has 0 aliphatic heterocycles. The van der Waals surface area contributed by atoms with Gasteiger partial charge in [-0.25, -0.2) is 14.3 Å². The van der Waals surface area contributed by atoms with Gasteiger partial charge in [-0.2, -0.15) is 0 Å². The summed E-state index contributed by atoms with van der Waals surface area (Å²) in [6, 6.07) is 0. The molecule has 0 saturated carbocycles. The zero-order valence-electron chi connectivity index (χ0n) is 11.9. The first kappa shape index (κ1) is 15.2. The molecule has 0 radical (unpaired) electrons. The summed E-state index contributed by atoms with van der Waals surface area (Å²) in [5.74, 6) is -0.906. The van der Waals surface area contributed by atoms with Crippen LogP contribution in [-0.4, -0.2) is 32.3 Å². The second-order valence-electron chi connectivity index (χ2n) is 6.10. The fourth-order valence-corrected chi connectivity index (χ4v) is 1.56. The smallest absolute Gasteiger partial charge is 0.419 e. The molecule has 0 fully saturated rings. The summed E-state index contributed by atoms with van der Waals surface area (Å²) >= 11 is 0. The van der Waals surface area contributed by atoms with Crippen LogP contribution in [0, 0.1) is 0 Å². The average Bonchev–Trinajstić information content (AvgIpc) is 2.61. The minimum atomic E-state index is -0.906. The van der Waals surface area contributed by atoms with Gasteiger partial charge in [0.15, 0.2) is 0 Å². The number of rotatable bonds is 3. The molecule has 19 heavy (non-hydrogen) atoms. The van der Waals surface area contributed by atoms with Crippen LogP contribution in [0.25, 0.3) is 0 Å². The Morgan fingerprint density at radius 1 is 1.32 bits per heavy atom. The SMILES string of the molecule is CC(C)(C)OC(=O)n1cnc(C(C)(C)CC(=O)O)c1. The third kappa shape index (κ3) is 4.39. The number of carbonyl (C=O) groups excluding carboxylic acids is 1. The van der Waals surface area contributed by atoms with Crippen molar-refractivity contribution in [2.24, 2.45) is 0 Å². The van der Waals surface area contributed by atoms with E-state index in [9.17, 15) is 9.59 Å². The summed E-state index contributed by atoms with van der Waals surface area (Å²) in [4.78, 5) is 26.7. The lowest BCUT2D eigenvalue weighted by molar-refractivity contribution is -0.138. The first-order chi connectivity index (χ1) is 8.51. The maximum Gasteiger partial charge on any atom is 0.419 e. The quantitative estimate of drug-likeness (QED) is 0.910. The number of imidazole rings is 1. The molecule has 1 rings (SSSR count). The average molecular weight is 268 g/mol. The molecule has 1 N–H and O–H groups in total. The molecule has 1 aromatic heterocycles. The third-order valence-corrected chi connectivity index (χ3v) is 2.47. The molecular weight excluding hydrogens is 248 g/mol. The van der Waals surface area contributed by atoms with Crippen molar-refractivity contribution in [1.82, 2.24) is 9.55 Å². The third-order valence-electron chi connectivity index (χ3n) is 2.47. The van der Waals surface area contributed by atoms with Crippen molar-refractivity contribution in [3.05, 3.63) is 18.2 Å². The predicted octanol–water partition coefficient (Wildman–Crippen LogP) is 2.42. The Kier molecular flexibility index (Phi) is 4.03. The van der Waals surface area contributed by atoms with E-state index in [0.717, 1.165) is 0 Å². The van der Waals surface area contributed by atoms with E-state index in [2.05, 4.69) is 4.98 Å². The Morgan fingerprint density at radius 3 is 2.37 bits per heavy atom. The second-order valence-corrected chi connectivity index (χ2v) is 6.10. The zero-order chi connectivity index (χ0) is 14.8. The normalized spacial score (nSPS) is 12.3. The molecule has 0 unspecified atom stereocenters. The molecule has 1 heterocycles. The van der Waals surface area contributed by atoms with Gasteiger partial charge < -0.3 is 9.84 Å². The number of carboxylic acids is 1. The lowest BCUT2D eigenvalue weighted by Crippen LogP contribution is -2.26. The van der Waals surface area contributed by atoms with Crippen molar-refractivity contribution < 1.29 is 19.4 Å². The number of carbonyl (C=O) groups is 2. The van der Waals surface area contributed by atoms with Gasteiger partial charge in [-0.15, -0.1) is 0 Å². The molecular formula is C13H20N2O4. The van der Waals surface area contributed by atoms with Crippen LogP contribution in [-0.2, 0) is 14.9 Å². The second kappa shape index (κ2) is 5.03. The van der Waals surface area contributed by atoms with E-state index in [1.54, 1.807) is 34.6 Å². The molecule has 106 valence electrons. The maximum atomic E-state index is 11.8. The lowest BCUT2D eigenvalue weighted by atomic mass is 9.86. The van der Waals surface area contributed by atoms with Gasteiger partial charge in [0.05, 0.1) is 12.1 Å². The highest BCUT2D eigenvalue weighted by Crippen LogP contribution is 2.25. The Labute approximate surface area is 112 Å². The lowest BCUT2D eigenvalue weighted by Gasteiger charge is -2.20. The Balaban J connectivity index is 2.88. The first-order valence-corrected chi connectivity index (χ1v) is 6.01. The summed E-state index contributed by atoms with van der Waals surface area (Å²) < 4.78 is 6.42. The minimum Gasteiger partial charge on any atom is -0.481 e. The zero-order valence-corrected chi connectivity index (χ0v) is 11.9. The van der Waals surface area contributed by atoms with Gasteiger partial charge >= 0.3 is 12.1 Å². The highest BCUT2D eigenvalue weighted by Gasteiger charge is 2.28. The molecule has 0 atom stereocenters. The molecule has 0 spiro atoms. The number of hydrogen-bond donors (Lipinski definition) is 1. The van der Waals surface area contributed by atoms with Crippen molar-refractivity contribution in [1.29, 1.82) is 0 Å². The fourth-order valence-electron chi connectivity index (χ4n) is 1.56. The van der Waals surface area contributed by atoms with Crippen LogP contribution >= 0.6 is 0 Å². The fraction of sp³-hybridized carbons (Fsp3) is 0.615. The van der Waals surface area contributed by atoms with Gasteiger partial charge in [0.1, 0.15) is 11.9 Å². The summed E-state index contributed by atoms with van der Waals surface area (Å²) in [5.41, 5.74) is -0.683. The van der Waals surface area contributed by atoms with Gasteiger partial charge in [0, 0.05) is 11.6 Å². The summed E-state index contributed by atoms with van der Waals surface area (Å²) in [6.45, 7) is 8.86. The number of ether oxygens (including phenoxy) is 1. The van der Waals surface area contributed by atoms with Crippen LogP contribution in [0.4, 0.5) is 4.79 Å². The first-order valence-electron chi connectivity index (χ1n) is 6.01. The van der Waals surface area contributed by atoms with E-state index in [4.69, 9.17) is 9.84 Å². The van der Waals surface area contributed by atoms with E-state index in [0.29, 0.717) is 5.69 Å². The summed E-state index contributed by atoms with van der Waals surface area (Å²) in [5, 5.41) is 8.85. The summed E-state index contributed by atoms with van der Waals surface area (Å²) in [7, 11) is 0. The number of nitrogens with zero attached hydrogens (tertiary/aromatic N) is 2. The molecule has 0 bridgehead atoms.